The molecule has 0 fully saturated rings. The van der Waals surface area contributed by atoms with Gasteiger partial charge in [0.05, 0.1) is 5.69 Å². The molecule has 0 atom stereocenters. The Kier molecular flexibility index (Phi) is 4.37. The van der Waals surface area contributed by atoms with E-state index in [0.29, 0.717) is 16.9 Å². The van der Waals surface area contributed by atoms with Gasteiger partial charge in [0.15, 0.2) is 0 Å². The van der Waals surface area contributed by atoms with E-state index in [1.165, 1.54) is 0 Å². The van der Waals surface area contributed by atoms with Crippen LogP contribution in [0.3, 0.4) is 0 Å². The normalized spacial score (nSPS) is 10.5. The van der Waals surface area contributed by atoms with Gasteiger partial charge in [-0.2, -0.15) is 0 Å². The van der Waals surface area contributed by atoms with Crippen molar-refractivity contribution in [1.82, 2.24) is 0 Å². The minimum atomic E-state index is -0.117. The summed E-state index contributed by atoms with van der Waals surface area (Å²) in [4.78, 5) is 12.5. The molecule has 0 heterocycles. The highest BCUT2D eigenvalue weighted by molar-refractivity contribution is 9.10. The van der Waals surface area contributed by atoms with Crippen molar-refractivity contribution in [2.75, 3.05) is 11.1 Å². The molecule has 0 saturated heterocycles. The number of anilines is 2. The standard InChI is InChI=1S/C17H19BrN2O/c1-9-5-11(3)16(12(4)6-9)17(21)20-15-8-14(19)10(2)7-13(15)18/h5-8H,19H2,1-4H3,(H,20,21). The summed E-state index contributed by atoms with van der Waals surface area (Å²) in [5.41, 5.74) is 12.0. The first kappa shape index (κ1) is 15.6. The Labute approximate surface area is 133 Å². The second kappa shape index (κ2) is 5.90. The van der Waals surface area contributed by atoms with Crippen molar-refractivity contribution in [3.63, 3.8) is 0 Å². The maximum atomic E-state index is 12.5. The number of amides is 1. The molecule has 2 rings (SSSR count). The van der Waals surface area contributed by atoms with Crippen molar-refractivity contribution < 1.29 is 4.79 Å². The highest BCUT2D eigenvalue weighted by Crippen LogP contribution is 2.28. The fourth-order valence-corrected chi connectivity index (χ4v) is 3.07. The highest BCUT2D eigenvalue weighted by atomic mass is 79.9. The van der Waals surface area contributed by atoms with Crippen LogP contribution in [0.4, 0.5) is 11.4 Å². The molecule has 0 aliphatic heterocycles. The minimum absolute atomic E-state index is 0.117. The van der Waals surface area contributed by atoms with Crippen molar-refractivity contribution >= 4 is 33.2 Å². The first-order chi connectivity index (χ1) is 9.79. The Balaban J connectivity index is 2.37. The first-order valence-electron chi connectivity index (χ1n) is 6.74. The second-order valence-corrected chi connectivity index (χ2v) is 6.27. The first-order valence-corrected chi connectivity index (χ1v) is 7.53. The van der Waals surface area contributed by atoms with Gasteiger partial charge in [-0.25, -0.2) is 0 Å². The molecule has 4 heteroatoms. The molecule has 2 aromatic carbocycles. The van der Waals surface area contributed by atoms with Gasteiger partial charge in [-0.3, -0.25) is 4.79 Å². The number of hydrogen-bond acceptors (Lipinski definition) is 2. The topological polar surface area (TPSA) is 55.1 Å². The largest absolute Gasteiger partial charge is 0.398 e. The molecular formula is C17H19BrN2O. The summed E-state index contributed by atoms with van der Waals surface area (Å²) < 4.78 is 0.824. The predicted octanol–water partition coefficient (Wildman–Crippen LogP) is 4.52. The summed E-state index contributed by atoms with van der Waals surface area (Å²) >= 11 is 3.46. The zero-order valence-corrected chi connectivity index (χ0v) is 14.3. The van der Waals surface area contributed by atoms with Crippen LogP contribution in [-0.4, -0.2) is 5.91 Å². The maximum absolute atomic E-state index is 12.5. The zero-order valence-electron chi connectivity index (χ0n) is 12.7. The van der Waals surface area contributed by atoms with Gasteiger partial charge in [0.2, 0.25) is 0 Å². The number of carbonyl (C=O) groups excluding carboxylic acids is 1. The van der Waals surface area contributed by atoms with E-state index in [-0.39, 0.29) is 5.91 Å². The number of nitrogen functional groups attached to an aromatic ring is 1. The zero-order chi connectivity index (χ0) is 15.7. The van der Waals surface area contributed by atoms with Gasteiger partial charge in [-0.05, 0) is 72.4 Å². The number of rotatable bonds is 2. The Hall–Kier alpha value is -1.81. The molecule has 0 bridgehead atoms. The second-order valence-electron chi connectivity index (χ2n) is 5.42. The quantitative estimate of drug-likeness (QED) is 0.785. The lowest BCUT2D eigenvalue weighted by Gasteiger charge is -2.14. The van der Waals surface area contributed by atoms with Crippen LogP contribution >= 0.6 is 15.9 Å². The number of nitrogens with one attached hydrogen (secondary N) is 1. The van der Waals surface area contributed by atoms with E-state index in [4.69, 9.17) is 5.73 Å². The third kappa shape index (κ3) is 3.27. The van der Waals surface area contributed by atoms with Gasteiger partial charge in [-0.15, -0.1) is 0 Å². The van der Waals surface area contributed by atoms with E-state index in [0.717, 1.165) is 26.7 Å². The SMILES string of the molecule is Cc1cc(C)c(C(=O)Nc2cc(N)c(C)cc2Br)c(C)c1. The molecule has 3 N–H and O–H groups in total. The fraction of sp³-hybridized carbons (Fsp3) is 0.235. The molecule has 2 aromatic rings. The van der Waals surface area contributed by atoms with Crippen molar-refractivity contribution in [3.05, 3.63) is 56.6 Å². The van der Waals surface area contributed by atoms with E-state index in [1.54, 1.807) is 6.07 Å². The molecular weight excluding hydrogens is 328 g/mol. The van der Waals surface area contributed by atoms with Crippen molar-refractivity contribution in [3.8, 4) is 0 Å². The predicted molar refractivity (Wildman–Crippen MR) is 91.9 cm³/mol. The molecule has 3 nitrogen and oxygen atoms in total. The van der Waals surface area contributed by atoms with Gasteiger partial charge in [0, 0.05) is 15.7 Å². The highest BCUT2D eigenvalue weighted by Gasteiger charge is 2.14. The van der Waals surface area contributed by atoms with Crippen LogP contribution in [0.5, 0.6) is 0 Å². The summed E-state index contributed by atoms with van der Waals surface area (Å²) in [6.45, 7) is 7.86. The van der Waals surface area contributed by atoms with Gasteiger partial charge < -0.3 is 11.1 Å². The molecule has 0 aliphatic rings. The van der Waals surface area contributed by atoms with Crippen LogP contribution in [0.2, 0.25) is 0 Å². The lowest BCUT2D eigenvalue weighted by Crippen LogP contribution is -2.16. The van der Waals surface area contributed by atoms with E-state index >= 15 is 0 Å². The number of aryl methyl sites for hydroxylation is 4. The molecule has 0 saturated carbocycles. The van der Waals surface area contributed by atoms with Crippen LogP contribution in [0.1, 0.15) is 32.6 Å². The molecule has 0 aliphatic carbocycles. The minimum Gasteiger partial charge on any atom is -0.398 e. The number of hydrogen-bond donors (Lipinski definition) is 2. The number of halogens is 1. The van der Waals surface area contributed by atoms with Gasteiger partial charge in [0.25, 0.3) is 5.91 Å². The van der Waals surface area contributed by atoms with Crippen LogP contribution in [0.25, 0.3) is 0 Å². The number of carbonyl (C=O) groups is 1. The van der Waals surface area contributed by atoms with Crippen molar-refractivity contribution in [1.29, 1.82) is 0 Å². The molecule has 0 aromatic heterocycles. The lowest BCUT2D eigenvalue weighted by atomic mass is 9.99. The van der Waals surface area contributed by atoms with Gasteiger partial charge in [-0.1, -0.05) is 17.7 Å². The number of nitrogens with two attached hydrogens (primary N) is 1. The van der Waals surface area contributed by atoms with Gasteiger partial charge >= 0.3 is 0 Å². The summed E-state index contributed by atoms with van der Waals surface area (Å²) in [7, 11) is 0. The van der Waals surface area contributed by atoms with Crippen LogP contribution in [-0.2, 0) is 0 Å². The monoisotopic (exact) mass is 346 g/mol. The molecule has 0 spiro atoms. The summed E-state index contributed by atoms with van der Waals surface area (Å²) in [5, 5.41) is 2.93. The van der Waals surface area contributed by atoms with Crippen molar-refractivity contribution in [2.45, 2.75) is 27.7 Å². The van der Waals surface area contributed by atoms with E-state index in [2.05, 4.69) is 21.2 Å². The summed E-state index contributed by atoms with van der Waals surface area (Å²) in [6.07, 6.45) is 0. The Morgan fingerprint density at radius 2 is 1.57 bits per heavy atom. The smallest absolute Gasteiger partial charge is 0.256 e. The average molecular weight is 347 g/mol. The molecule has 110 valence electrons. The molecule has 0 unspecified atom stereocenters. The van der Waals surface area contributed by atoms with Crippen molar-refractivity contribution in [2.24, 2.45) is 0 Å². The van der Waals surface area contributed by atoms with E-state index < -0.39 is 0 Å². The molecule has 1 amide bonds. The fourth-order valence-electron chi connectivity index (χ4n) is 2.51. The Morgan fingerprint density at radius 3 is 2.14 bits per heavy atom. The summed E-state index contributed by atoms with van der Waals surface area (Å²) in [6, 6.07) is 7.71. The third-order valence-corrected chi connectivity index (χ3v) is 4.16. The molecule has 0 radical (unpaired) electrons. The van der Waals surface area contributed by atoms with Crippen LogP contribution < -0.4 is 11.1 Å². The average Bonchev–Trinajstić information content (AvgIpc) is 2.34. The van der Waals surface area contributed by atoms with E-state index in [9.17, 15) is 4.79 Å². The Bertz CT molecular complexity index is 700. The maximum Gasteiger partial charge on any atom is 0.256 e. The summed E-state index contributed by atoms with van der Waals surface area (Å²) in [5.74, 6) is -0.117. The lowest BCUT2D eigenvalue weighted by molar-refractivity contribution is 0.102. The number of benzene rings is 2. The van der Waals surface area contributed by atoms with Gasteiger partial charge in [0.1, 0.15) is 0 Å². The van der Waals surface area contributed by atoms with Crippen LogP contribution in [0, 0.1) is 27.7 Å². The third-order valence-electron chi connectivity index (χ3n) is 3.51. The van der Waals surface area contributed by atoms with Crippen LogP contribution in [0.15, 0.2) is 28.7 Å². The van der Waals surface area contributed by atoms with E-state index in [1.807, 2.05) is 45.9 Å². The molecule has 21 heavy (non-hydrogen) atoms. The Morgan fingerprint density at radius 1 is 1.00 bits per heavy atom.